The smallest absolute Gasteiger partial charge is 0.226 e. The lowest BCUT2D eigenvalue weighted by atomic mass is 10.1. The van der Waals surface area contributed by atoms with Crippen LogP contribution < -0.4 is 4.57 Å². The van der Waals surface area contributed by atoms with Crippen LogP contribution in [-0.4, -0.2) is 4.57 Å². The Hall–Kier alpha value is -2.09. The van der Waals surface area contributed by atoms with Gasteiger partial charge in [-0.25, -0.2) is 9.13 Å². The molecule has 0 spiro atoms. The summed E-state index contributed by atoms with van der Waals surface area (Å²) in [5.41, 5.74) is 8.27. The highest BCUT2D eigenvalue weighted by molar-refractivity contribution is 5.80. The van der Waals surface area contributed by atoms with Crippen LogP contribution in [0, 0.1) is 13.8 Å². The molecule has 0 atom stereocenters. The summed E-state index contributed by atoms with van der Waals surface area (Å²) in [4.78, 5) is 0. The van der Waals surface area contributed by atoms with Gasteiger partial charge in [0, 0.05) is 12.0 Å². The molecule has 2 heterocycles. The predicted octanol–water partition coefficient (Wildman–Crippen LogP) is 3.31. The molecule has 1 aliphatic rings. The SMILES string of the molecule is Cc1ccc(-c2n(C)c3cccc4c3[n+]2CC4)c(C)c1. The molecule has 100 valence electrons. The van der Waals surface area contributed by atoms with Crippen molar-refractivity contribution < 1.29 is 4.57 Å². The molecule has 0 N–H and O–H groups in total. The fraction of sp³-hybridized carbons (Fsp3) is 0.278. The van der Waals surface area contributed by atoms with E-state index in [4.69, 9.17) is 0 Å². The van der Waals surface area contributed by atoms with E-state index < -0.39 is 0 Å². The molecule has 0 amide bonds. The van der Waals surface area contributed by atoms with Crippen LogP contribution >= 0.6 is 0 Å². The van der Waals surface area contributed by atoms with Gasteiger partial charge in [-0.1, -0.05) is 29.8 Å². The second kappa shape index (κ2) is 3.95. The minimum Gasteiger partial charge on any atom is -0.226 e. The maximum absolute atomic E-state index is 2.49. The zero-order valence-corrected chi connectivity index (χ0v) is 12.3. The van der Waals surface area contributed by atoms with Gasteiger partial charge in [-0.2, -0.15) is 0 Å². The van der Waals surface area contributed by atoms with Crippen molar-refractivity contribution in [3.05, 3.63) is 53.1 Å². The molecule has 0 aliphatic carbocycles. The number of imidazole rings is 1. The van der Waals surface area contributed by atoms with Crippen LogP contribution in [0.3, 0.4) is 0 Å². The van der Waals surface area contributed by atoms with Crippen molar-refractivity contribution in [1.29, 1.82) is 0 Å². The zero-order valence-electron chi connectivity index (χ0n) is 12.3. The van der Waals surface area contributed by atoms with E-state index in [1.165, 1.54) is 39.1 Å². The molecular weight excluding hydrogens is 244 g/mol. The third-order valence-electron chi connectivity index (χ3n) is 4.53. The Morgan fingerprint density at radius 1 is 1.10 bits per heavy atom. The molecule has 2 heteroatoms. The maximum atomic E-state index is 2.49. The summed E-state index contributed by atoms with van der Waals surface area (Å²) in [5.74, 6) is 1.34. The topological polar surface area (TPSA) is 8.81 Å². The van der Waals surface area contributed by atoms with Gasteiger partial charge in [0.1, 0.15) is 0 Å². The molecule has 0 saturated carbocycles. The van der Waals surface area contributed by atoms with E-state index >= 15 is 0 Å². The van der Waals surface area contributed by atoms with Gasteiger partial charge in [-0.05, 0) is 31.5 Å². The summed E-state index contributed by atoms with van der Waals surface area (Å²) in [5, 5.41) is 0. The molecule has 1 aromatic heterocycles. The Morgan fingerprint density at radius 3 is 2.75 bits per heavy atom. The number of rotatable bonds is 1. The van der Waals surface area contributed by atoms with Crippen LogP contribution in [-0.2, 0) is 20.0 Å². The second-order valence-corrected chi connectivity index (χ2v) is 5.89. The van der Waals surface area contributed by atoms with E-state index in [2.05, 4.69) is 66.4 Å². The Labute approximate surface area is 119 Å². The first-order chi connectivity index (χ1) is 9.66. The summed E-state index contributed by atoms with van der Waals surface area (Å²) in [6.07, 6.45) is 1.16. The van der Waals surface area contributed by atoms with Crippen LogP contribution in [0.15, 0.2) is 36.4 Å². The fourth-order valence-corrected chi connectivity index (χ4v) is 3.60. The average Bonchev–Trinajstić information content (AvgIpc) is 2.96. The number of hydrogen-bond acceptors (Lipinski definition) is 0. The van der Waals surface area contributed by atoms with Crippen LogP contribution in [0.25, 0.3) is 22.4 Å². The zero-order chi connectivity index (χ0) is 13.9. The summed E-state index contributed by atoms with van der Waals surface area (Å²) >= 11 is 0. The van der Waals surface area contributed by atoms with Gasteiger partial charge < -0.3 is 0 Å². The third kappa shape index (κ3) is 1.42. The number of aryl methyl sites for hydroxylation is 5. The molecule has 0 bridgehead atoms. The highest BCUT2D eigenvalue weighted by atomic mass is 15.2. The first-order valence-electron chi connectivity index (χ1n) is 7.24. The fourth-order valence-electron chi connectivity index (χ4n) is 3.60. The van der Waals surface area contributed by atoms with E-state index in [1.807, 2.05) is 0 Å². The van der Waals surface area contributed by atoms with E-state index in [0.717, 1.165) is 13.0 Å². The highest BCUT2D eigenvalue weighted by Gasteiger charge is 2.30. The van der Waals surface area contributed by atoms with Crippen molar-refractivity contribution in [2.45, 2.75) is 26.8 Å². The molecule has 2 aromatic carbocycles. The molecule has 0 radical (unpaired) electrons. The molecule has 4 rings (SSSR count). The van der Waals surface area contributed by atoms with Crippen molar-refractivity contribution in [3.63, 3.8) is 0 Å². The van der Waals surface area contributed by atoms with Gasteiger partial charge in [-0.3, -0.25) is 0 Å². The molecule has 1 aliphatic heterocycles. The number of nitrogens with zero attached hydrogens (tertiary/aromatic N) is 2. The highest BCUT2D eigenvalue weighted by Crippen LogP contribution is 2.29. The van der Waals surface area contributed by atoms with Crippen molar-refractivity contribution >= 4 is 11.0 Å². The lowest BCUT2D eigenvalue weighted by Crippen LogP contribution is -2.33. The summed E-state index contributed by atoms with van der Waals surface area (Å²) < 4.78 is 4.83. The minimum absolute atomic E-state index is 1.10. The van der Waals surface area contributed by atoms with Gasteiger partial charge in [0.2, 0.25) is 0 Å². The lowest BCUT2D eigenvalue weighted by molar-refractivity contribution is -0.653. The van der Waals surface area contributed by atoms with Crippen LogP contribution in [0.4, 0.5) is 0 Å². The second-order valence-electron chi connectivity index (χ2n) is 5.89. The average molecular weight is 263 g/mol. The molecule has 20 heavy (non-hydrogen) atoms. The Balaban J connectivity index is 2.10. The van der Waals surface area contributed by atoms with E-state index in [-0.39, 0.29) is 0 Å². The Kier molecular flexibility index (Phi) is 2.31. The standard InChI is InChI=1S/C18H19N2/c1-12-7-8-15(13(2)11-12)18-19(3)16-6-4-5-14-9-10-20(18)17(14)16/h4-8,11H,9-10H2,1-3H3/q+1. The van der Waals surface area contributed by atoms with Crippen molar-refractivity contribution in [2.24, 2.45) is 7.05 Å². The van der Waals surface area contributed by atoms with Crippen LogP contribution in [0.2, 0.25) is 0 Å². The first-order valence-corrected chi connectivity index (χ1v) is 7.24. The van der Waals surface area contributed by atoms with Gasteiger partial charge in [0.15, 0.2) is 11.0 Å². The van der Waals surface area contributed by atoms with Gasteiger partial charge in [0.05, 0.1) is 19.2 Å². The number of hydrogen-bond donors (Lipinski definition) is 0. The molecule has 0 fully saturated rings. The first kappa shape index (κ1) is 11.7. The molecule has 2 nitrogen and oxygen atoms in total. The van der Waals surface area contributed by atoms with Crippen molar-refractivity contribution in [3.8, 4) is 11.4 Å². The van der Waals surface area contributed by atoms with Crippen molar-refractivity contribution in [1.82, 2.24) is 4.57 Å². The summed E-state index contributed by atoms with van der Waals surface area (Å²) in [6.45, 7) is 5.46. The predicted molar refractivity (Wildman–Crippen MR) is 81.7 cm³/mol. The monoisotopic (exact) mass is 263 g/mol. The van der Waals surface area contributed by atoms with E-state index in [9.17, 15) is 0 Å². The minimum atomic E-state index is 1.10. The maximum Gasteiger partial charge on any atom is 0.289 e. The summed E-state index contributed by atoms with van der Waals surface area (Å²) in [7, 11) is 2.18. The molecular formula is C18H19N2+. The van der Waals surface area contributed by atoms with Gasteiger partial charge in [-0.15, -0.1) is 0 Å². The van der Waals surface area contributed by atoms with Crippen LogP contribution in [0.5, 0.6) is 0 Å². The van der Waals surface area contributed by atoms with Gasteiger partial charge >= 0.3 is 0 Å². The number of aromatic nitrogens is 2. The molecule has 0 unspecified atom stereocenters. The largest absolute Gasteiger partial charge is 0.289 e. The van der Waals surface area contributed by atoms with Gasteiger partial charge in [0.25, 0.3) is 5.82 Å². The number of para-hydroxylation sites is 1. The quantitative estimate of drug-likeness (QED) is 0.596. The number of benzene rings is 2. The molecule has 3 aromatic rings. The Bertz CT molecular complexity index is 840. The molecule has 0 saturated heterocycles. The van der Waals surface area contributed by atoms with Crippen LogP contribution in [0.1, 0.15) is 16.7 Å². The third-order valence-corrected chi connectivity index (χ3v) is 4.53. The van der Waals surface area contributed by atoms with E-state index in [1.54, 1.807) is 0 Å². The summed E-state index contributed by atoms with van der Waals surface area (Å²) in [6, 6.07) is 13.4. The van der Waals surface area contributed by atoms with Crippen molar-refractivity contribution in [2.75, 3.05) is 0 Å². The lowest BCUT2D eigenvalue weighted by Gasteiger charge is -2.05. The Morgan fingerprint density at radius 2 is 1.95 bits per heavy atom. The van der Waals surface area contributed by atoms with E-state index in [0.29, 0.717) is 0 Å². The normalized spacial score (nSPS) is 13.3.